The second-order valence-corrected chi connectivity index (χ2v) is 13.3. The van der Waals surface area contributed by atoms with E-state index in [1.54, 1.807) is 18.2 Å². The Morgan fingerprint density at radius 1 is 0.607 bits per heavy atom. The predicted octanol–water partition coefficient (Wildman–Crippen LogP) is 12.6. The third-order valence-electron chi connectivity index (χ3n) is 9.90. The van der Waals surface area contributed by atoms with Crippen LogP contribution in [0.5, 0.6) is 0 Å². The fraction of sp³-hybridized carbons (Fsp3) is 0.0200. The van der Waals surface area contributed by atoms with Gasteiger partial charge in [0.1, 0.15) is 5.58 Å². The summed E-state index contributed by atoms with van der Waals surface area (Å²) in [4.78, 5) is 14.2. The number of fused-ring (bicyclic) bond motifs is 8. The molecule has 1 radical (unpaired) electrons. The number of hydrogen-bond acceptors (Lipinski definition) is 4. The Balaban J connectivity index is 0.000000224. The zero-order chi connectivity index (χ0) is 39.2. The van der Waals surface area contributed by atoms with Crippen LogP contribution in [-0.4, -0.2) is 19.5 Å². The summed E-state index contributed by atoms with van der Waals surface area (Å²) < 4.78 is 30.6. The van der Waals surface area contributed by atoms with E-state index in [-0.39, 0.29) is 25.7 Å². The number of pyridine rings is 2. The van der Waals surface area contributed by atoms with E-state index in [0.717, 1.165) is 83.3 Å². The Morgan fingerprint density at radius 3 is 2.18 bits per heavy atom. The molecule has 0 N–H and O–H groups in total. The van der Waals surface area contributed by atoms with Crippen molar-refractivity contribution in [3.05, 3.63) is 194 Å². The van der Waals surface area contributed by atoms with Gasteiger partial charge in [-0.1, -0.05) is 120 Å². The molecule has 5 nitrogen and oxygen atoms in total. The Hall–Kier alpha value is -6.72. The van der Waals surface area contributed by atoms with Gasteiger partial charge in [-0.15, -0.1) is 54.1 Å². The molecular weight excluding hydrogens is 865 g/mol. The zero-order valence-corrected chi connectivity index (χ0v) is 32.2. The van der Waals surface area contributed by atoms with E-state index in [4.69, 9.17) is 18.5 Å². The third-order valence-corrected chi connectivity index (χ3v) is 9.90. The molecule has 4 heterocycles. The van der Waals surface area contributed by atoms with Gasteiger partial charge in [0.05, 0.1) is 16.9 Å². The number of furan rings is 1. The van der Waals surface area contributed by atoms with Gasteiger partial charge in [0, 0.05) is 58.6 Å². The van der Waals surface area contributed by atoms with Crippen LogP contribution in [0.4, 0.5) is 0 Å². The Bertz CT molecular complexity index is 3260. The van der Waals surface area contributed by atoms with Crippen LogP contribution in [0.3, 0.4) is 0 Å². The standard InChI is InChI=1S/C38H22N3O.C12H10N.Ir/c1-3-10-24(11-4-1)27-22-33-38(39-23-27)41(28-13-5-2-6-14-28)37(40-33)32-17-9-16-30-31-21-20-26-19-18-25-12-7-8-15-29(25)34(26)36(31)42-35(30)32;1-10-7-8-12(13-9-10)11-5-3-2-4-6-11;/h1-16,18-23H;2-5,7-9H,1H3;/q2*-1;/i;1D3;. The molecule has 6 heteroatoms. The van der Waals surface area contributed by atoms with Crippen LogP contribution in [0.15, 0.2) is 181 Å². The van der Waals surface area contributed by atoms with Crippen molar-refractivity contribution < 1.29 is 28.6 Å². The second kappa shape index (κ2) is 14.8. The maximum atomic E-state index is 7.23. The average molecular weight is 900 g/mol. The van der Waals surface area contributed by atoms with Gasteiger partial charge in [0.2, 0.25) is 0 Å². The number of imidazole rings is 1. The van der Waals surface area contributed by atoms with Crippen molar-refractivity contribution in [2.45, 2.75) is 6.85 Å². The van der Waals surface area contributed by atoms with Crippen LogP contribution in [-0.2, 0) is 20.1 Å². The van der Waals surface area contributed by atoms with Crippen LogP contribution in [0.25, 0.3) is 94.1 Å². The molecule has 56 heavy (non-hydrogen) atoms. The van der Waals surface area contributed by atoms with Crippen molar-refractivity contribution in [1.82, 2.24) is 19.5 Å². The molecule has 0 bridgehead atoms. The quantitative estimate of drug-likeness (QED) is 0.130. The van der Waals surface area contributed by atoms with E-state index in [9.17, 15) is 0 Å². The van der Waals surface area contributed by atoms with Crippen LogP contribution in [0, 0.1) is 19.0 Å². The topological polar surface area (TPSA) is 56.7 Å². The van der Waals surface area contributed by atoms with E-state index in [1.807, 2.05) is 66.9 Å². The van der Waals surface area contributed by atoms with Gasteiger partial charge in [-0.2, -0.15) is 0 Å². The molecule has 0 aliphatic heterocycles. The SMILES string of the molecule is [2H]C([2H])([2H])c1ccc(-c2[c-]cccc2)nc1.[Ir].[c-]1ccc2c(oc3c2ccc2ccc4ccccc4c23)c1-c1nc2cc(-c3ccccc3)cnc2n1-c1ccccc1. The summed E-state index contributed by atoms with van der Waals surface area (Å²) in [6.45, 7) is -2.09. The molecular formula is C50H32IrN4O-2. The van der Waals surface area contributed by atoms with E-state index in [0.29, 0.717) is 0 Å². The summed E-state index contributed by atoms with van der Waals surface area (Å²) in [6.07, 6.45) is 3.31. The van der Waals surface area contributed by atoms with E-state index >= 15 is 0 Å². The maximum Gasteiger partial charge on any atom is 0.155 e. The number of para-hydroxylation sites is 1. The van der Waals surface area contributed by atoms with Gasteiger partial charge in [-0.25, -0.2) is 4.98 Å². The number of hydrogen-bond donors (Lipinski definition) is 0. The Labute approximate surface area is 341 Å². The number of rotatable bonds is 4. The van der Waals surface area contributed by atoms with Crippen molar-refractivity contribution in [1.29, 1.82) is 0 Å². The summed E-state index contributed by atoms with van der Waals surface area (Å²) in [7, 11) is 0. The van der Waals surface area contributed by atoms with Crippen LogP contribution in [0.1, 0.15) is 9.68 Å². The van der Waals surface area contributed by atoms with Gasteiger partial charge in [-0.05, 0) is 58.0 Å². The molecule has 269 valence electrons. The molecule has 0 saturated heterocycles. The predicted molar refractivity (Wildman–Crippen MR) is 224 cm³/mol. The normalized spacial score (nSPS) is 12.2. The van der Waals surface area contributed by atoms with Crippen molar-refractivity contribution >= 4 is 54.6 Å². The molecule has 0 amide bonds. The fourth-order valence-electron chi connectivity index (χ4n) is 7.30. The molecule has 0 saturated carbocycles. The first kappa shape index (κ1) is 31.6. The molecule has 7 aromatic carbocycles. The Kier molecular flexibility index (Phi) is 8.38. The molecule has 4 aromatic heterocycles. The molecule has 0 atom stereocenters. The molecule has 0 spiro atoms. The first-order valence-corrected chi connectivity index (χ1v) is 18.0. The van der Waals surface area contributed by atoms with Gasteiger partial charge >= 0.3 is 0 Å². The largest absolute Gasteiger partial charge is 0.500 e. The van der Waals surface area contributed by atoms with E-state index < -0.39 is 6.85 Å². The third kappa shape index (κ3) is 6.25. The molecule has 0 unspecified atom stereocenters. The minimum absolute atomic E-state index is 0. The van der Waals surface area contributed by atoms with Gasteiger partial charge in [0.25, 0.3) is 0 Å². The van der Waals surface area contributed by atoms with E-state index in [1.165, 1.54) is 17.0 Å². The van der Waals surface area contributed by atoms with Crippen LogP contribution >= 0.6 is 0 Å². The van der Waals surface area contributed by atoms with Crippen molar-refractivity contribution in [3.63, 3.8) is 0 Å². The van der Waals surface area contributed by atoms with Gasteiger partial charge < -0.3 is 14.0 Å². The first-order chi connectivity index (χ1) is 28.4. The van der Waals surface area contributed by atoms with Gasteiger partial charge in [0.15, 0.2) is 5.65 Å². The maximum absolute atomic E-state index is 7.23. The van der Waals surface area contributed by atoms with Crippen molar-refractivity contribution in [2.75, 3.05) is 0 Å². The molecule has 0 aliphatic rings. The second-order valence-electron chi connectivity index (χ2n) is 13.3. The Morgan fingerprint density at radius 2 is 1.38 bits per heavy atom. The average Bonchev–Trinajstić information content (AvgIpc) is 3.86. The molecule has 11 aromatic rings. The summed E-state index contributed by atoms with van der Waals surface area (Å²) in [5.74, 6) is 0.743. The summed E-state index contributed by atoms with van der Waals surface area (Å²) >= 11 is 0. The minimum atomic E-state index is -2.09. The molecule has 0 fully saturated rings. The molecule has 0 aliphatic carbocycles. The molecule has 11 rings (SSSR count). The summed E-state index contributed by atoms with van der Waals surface area (Å²) in [5, 5.41) is 6.77. The zero-order valence-electron chi connectivity index (χ0n) is 32.8. The number of benzene rings is 7. The number of aryl methyl sites for hydroxylation is 1. The summed E-state index contributed by atoms with van der Waals surface area (Å²) in [5.41, 5.74) is 9.01. The number of aromatic nitrogens is 4. The fourth-order valence-corrected chi connectivity index (χ4v) is 7.30. The summed E-state index contributed by atoms with van der Waals surface area (Å²) in [6, 6.07) is 61.1. The first-order valence-electron chi connectivity index (χ1n) is 19.5. The smallest absolute Gasteiger partial charge is 0.155 e. The minimum Gasteiger partial charge on any atom is -0.500 e. The van der Waals surface area contributed by atoms with Gasteiger partial charge in [-0.3, -0.25) is 4.98 Å². The monoisotopic (exact) mass is 900 g/mol. The number of nitrogens with zero attached hydrogens (tertiary/aromatic N) is 4. The van der Waals surface area contributed by atoms with E-state index in [2.05, 4.69) is 107 Å². The van der Waals surface area contributed by atoms with Crippen LogP contribution < -0.4 is 0 Å². The van der Waals surface area contributed by atoms with Crippen LogP contribution in [0.2, 0.25) is 0 Å². The van der Waals surface area contributed by atoms with Crippen molar-refractivity contribution in [3.8, 4) is 39.5 Å². The van der Waals surface area contributed by atoms with Crippen molar-refractivity contribution in [2.24, 2.45) is 0 Å².